The van der Waals surface area contributed by atoms with E-state index in [1.165, 1.54) is 7.11 Å². The van der Waals surface area contributed by atoms with E-state index in [0.29, 0.717) is 11.6 Å². The molecule has 1 aromatic heterocycles. The summed E-state index contributed by atoms with van der Waals surface area (Å²) in [7, 11) is 1.29. The molecule has 0 unspecified atom stereocenters. The molecule has 0 saturated heterocycles. The van der Waals surface area contributed by atoms with Gasteiger partial charge in [-0.1, -0.05) is 45.9 Å². The maximum atomic E-state index is 12.2. The Hall–Kier alpha value is -2.65. The number of hydrogen-bond acceptors (Lipinski definition) is 7. The molecule has 9 heteroatoms. The van der Waals surface area contributed by atoms with Crippen LogP contribution in [0.3, 0.4) is 0 Å². The van der Waals surface area contributed by atoms with Crippen LogP contribution in [0.5, 0.6) is 0 Å². The number of para-hydroxylation sites is 1. The lowest BCUT2D eigenvalue weighted by Gasteiger charge is -2.08. The molecule has 0 aliphatic rings. The second kappa shape index (κ2) is 8.83. The molecule has 7 nitrogen and oxygen atoms in total. The summed E-state index contributed by atoms with van der Waals surface area (Å²) in [5.41, 5.74) is 1.45. The van der Waals surface area contributed by atoms with Gasteiger partial charge in [-0.05, 0) is 30.3 Å². The molecular formula is C18H14BrN3O4S. The van der Waals surface area contributed by atoms with Gasteiger partial charge in [-0.25, -0.2) is 4.79 Å². The van der Waals surface area contributed by atoms with Gasteiger partial charge in [-0.15, -0.1) is 10.2 Å². The molecule has 138 valence electrons. The van der Waals surface area contributed by atoms with Crippen molar-refractivity contribution in [3.8, 4) is 11.5 Å². The number of nitrogens with one attached hydrogen (secondary N) is 1. The van der Waals surface area contributed by atoms with Crippen molar-refractivity contribution < 1.29 is 18.7 Å². The second-order valence-electron chi connectivity index (χ2n) is 5.26. The topological polar surface area (TPSA) is 94.3 Å². The summed E-state index contributed by atoms with van der Waals surface area (Å²) in [6.45, 7) is 0. The summed E-state index contributed by atoms with van der Waals surface area (Å²) in [6.07, 6.45) is 0. The molecule has 0 aliphatic carbocycles. The van der Waals surface area contributed by atoms with Crippen molar-refractivity contribution in [3.05, 3.63) is 58.6 Å². The zero-order chi connectivity index (χ0) is 19.2. The number of methoxy groups -OCH3 is 1. The van der Waals surface area contributed by atoms with Gasteiger partial charge in [0.2, 0.25) is 11.8 Å². The normalized spacial score (nSPS) is 10.4. The fourth-order valence-electron chi connectivity index (χ4n) is 2.20. The van der Waals surface area contributed by atoms with Crippen LogP contribution in [0.1, 0.15) is 10.4 Å². The molecule has 0 aliphatic heterocycles. The van der Waals surface area contributed by atoms with Crippen LogP contribution >= 0.6 is 27.7 Å². The van der Waals surface area contributed by atoms with Gasteiger partial charge in [0, 0.05) is 10.0 Å². The lowest BCUT2D eigenvalue weighted by atomic mass is 10.2. The lowest BCUT2D eigenvalue weighted by molar-refractivity contribution is -0.113. The van der Waals surface area contributed by atoms with Crippen LogP contribution < -0.4 is 5.32 Å². The number of amides is 1. The van der Waals surface area contributed by atoms with Crippen molar-refractivity contribution >= 4 is 45.3 Å². The highest BCUT2D eigenvalue weighted by Gasteiger charge is 2.15. The first-order chi connectivity index (χ1) is 13.1. The van der Waals surface area contributed by atoms with E-state index in [9.17, 15) is 9.59 Å². The first-order valence-electron chi connectivity index (χ1n) is 7.76. The first-order valence-corrected chi connectivity index (χ1v) is 9.54. The number of aromatic nitrogens is 2. The Bertz CT molecular complexity index is 977. The summed E-state index contributed by atoms with van der Waals surface area (Å²) in [5.74, 6) is -0.404. The minimum atomic E-state index is -0.519. The van der Waals surface area contributed by atoms with Crippen LogP contribution in [-0.2, 0) is 9.53 Å². The van der Waals surface area contributed by atoms with Crippen LogP contribution in [0, 0.1) is 0 Å². The van der Waals surface area contributed by atoms with E-state index >= 15 is 0 Å². The number of benzene rings is 2. The summed E-state index contributed by atoms with van der Waals surface area (Å²) in [6, 6.07) is 14.1. The van der Waals surface area contributed by atoms with Crippen molar-refractivity contribution in [2.45, 2.75) is 5.22 Å². The van der Waals surface area contributed by atoms with Crippen molar-refractivity contribution in [2.24, 2.45) is 0 Å². The van der Waals surface area contributed by atoms with Gasteiger partial charge < -0.3 is 14.5 Å². The third-order valence-electron chi connectivity index (χ3n) is 3.41. The van der Waals surface area contributed by atoms with Crippen molar-refractivity contribution in [1.29, 1.82) is 0 Å². The van der Waals surface area contributed by atoms with Crippen molar-refractivity contribution in [3.63, 3.8) is 0 Å². The Balaban J connectivity index is 1.61. The van der Waals surface area contributed by atoms with E-state index in [1.807, 2.05) is 24.3 Å². The van der Waals surface area contributed by atoms with Gasteiger partial charge in [0.1, 0.15) is 0 Å². The van der Waals surface area contributed by atoms with E-state index < -0.39 is 5.97 Å². The first kappa shape index (κ1) is 19.1. The van der Waals surface area contributed by atoms with Gasteiger partial charge in [0.05, 0.1) is 24.1 Å². The molecule has 0 fully saturated rings. The van der Waals surface area contributed by atoms with E-state index in [1.54, 1.807) is 24.3 Å². The molecule has 1 N–H and O–H groups in total. The zero-order valence-corrected chi connectivity index (χ0v) is 16.5. The maximum absolute atomic E-state index is 12.2. The van der Waals surface area contributed by atoms with Crippen molar-refractivity contribution in [1.82, 2.24) is 10.2 Å². The molecular weight excluding hydrogens is 434 g/mol. The monoisotopic (exact) mass is 447 g/mol. The Morgan fingerprint density at radius 3 is 2.78 bits per heavy atom. The van der Waals surface area contributed by atoms with Crippen LogP contribution in [0.15, 0.2) is 62.6 Å². The largest absolute Gasteiger partial charge is 0.465 e. The molecule has 0 saturated carbocycles. The highest BCUT2D eigenvalue weighted by atomic mass is 79.9. The molecule has 0 bridgehead atoms. The third-order valence-corrected chi connectivity index (χ3v) is 4.72. The molecule has 3 rings (SSSR count). The van der Waals surface area contributed by atoms with E-state index in [2.05, 4.69) is 31.4 Å². The molecule has 0 spiro atoms. The minimum Gasteiger partial charge on any atom is -0.465 e. The van der Waals surface area contributed by atoms with Gasteiger partial charge in [-0.3, -0.25) is 4.79 Å². The lowest BCUT2D eigenvalue weighted by Crippen LogP contribution is -2.17. The van der Waals surface area contributed by atoms with E-state index in [4.69, 9.17) is 9.15 Å². The average molecular weight is 448 g/mol. The zero-order valence-electron chi connectivity index (χ0n) is 14.1. The number of thioether (sulfide) groups is 1. The highest BCUT2D eigenvalue weighted by molar-refractivity contribution is 9.10. The Labute approximate surface area is 167 Å². The Kier molecular flexibility index (Phi) is 6.25. The predicted molar refractivity (Wildman–Crippen MR) is 105 cm³/mol. The average Bonchev–Trinajstić information content (AvgIpc) is 3.15. The van der Waals surface area contributed by atoms with Crippen molar-refractivity contribution in [2.75, 3.05) is 18.2 Å². The molecule has 2 aromatic carbocycles. The fraction of sp³-hybridized carbons (Fsp3) is 0.111. The third kappa shape index (κ3) is 4.95. The van der Waals surface area contributed by atoms with Gasteiger partial charge in [0.15, 0.2) is 0 Å². The number of esters is 1. The smallest absolute Gasteiger partial charge is 0.339 e. The Morgan fingerprint density at radius 2 is 2.00 bits per heavy atom. The predicted octanol–water partition coefficient (Wildman–Crippen LogP) is 4.02. The van der Waals surface area contributed by atoms with E-state index in [0.717, 1.165) is 21.8 Å². The fourth-order valence-corrected chi connectivity index (χ4v) is 3.16. The maximum Gasteiger partial charge on any atom is 0.339 e. The molecule has 1 heterocycles. The number of hydrogen-bond donors (Lipinski definition) is 1. The second-order valence-corrected chi connectivity index (χ2v) is 7.10. The van der Waals surface area contributed by atoms with Crippen LogP contribution in [0.4, 0.5) is 5.69 Å². The number of carbonyl (C=O) groups excluding carboxylic acids is 2. The summed E-state index contributed by atoms with van der Waals surface area (Å²) < 4.78 is 11.2. The number of halogens is 1. The molecule has 0 radical (unpaired) electrons. The van der Waals surface area contributed by atoms with E-state index in [-0.39, 0.29) is 22.4 Å². The number of ether oxygens (including phenoxy) is 1. The molecule has 0 atom stereocenters. The van der Waals surface area contributed by atoms with Gasteiger partial charge >= 0.3 is 5.97 Å². The highest BCUT2D eigenvalue weighted by Crippen LogP contribution is 2.25. The summed E-state index contributed by atoms with van der Waals surface area (Å²) >= 11 is 4.50. The van der Waals surface area contributed by atoms with Gasteiger partial charge in [-0.2, -0.15) is 0 Å². The molecule has 1 amide bonds. The summed E-state index contributed by atoms with van der Waals surface area (Å²) in [4.78, 5) is 23.9. The number of carbonyl (C=O) groups is 2. The standard InChI is InChI=1S/C18H14BrN3O4S/c1-25-17(24)13-7-2-3-8-14(13)20-15(23)10-27-18-22-21-16(26-18)11-5-4-6-12(19)9-11/h2-9H,10H2,1H3,(H,20,23). The molecule has 3 aromatic rings. The van der Waals surface area contributed by atoms with Crippen LogP contribution in [-0.4, -0.2) is 34.9 Å². The number of nitrogens with zero attached hydrogens (tertiary/aromatic N) is 2. The minimum absolute atomic E-state index is 0.0512. The quantitative estimate of drug-likeness (QED) is 0.450. The number of rotatable bonds is 6. The van der Waals surface area contributed by atoms with Crippen LogP contribution in [0.2, 0.25) is 0 Å². The SMILES string of the molecule is COC(=O)c1ccccc1NC(=O)CSc1nnc(-c2cccc(Br)c2)o1. The summed E-state index contributed by atoms with van der Waals surface area (Å²) in [5, 5.41) is 10.9. The van der Waals surface area contributed by atoms with Gasteiger partial charge in [0.25, 0.3) is 5.22 Å². The Morgan fingerprint density at radius 1 is 1.19 bits per heavy atom. The van der Waals surface area contributed by atoms with Crippen LogP contribution in [0.25, 0.3) is 11.5 Å². The molecule has 27 heavy (non-hydrogen) atoms. The number of anilines is 1.